The summed E-state index contributed by atoms with van der Waals surface area (Å²) in [7, 11) is 0. The topological polar surface area (TPSA) is 15.3 Å². The van der Waals surface area contributed by atoms with Crippen molar-refractivity contribution in [2.75, 3.05) is 25.4 Å². The molecule has 108 valence electrons. The quantitative estimate of drug-likeness (QED) is 0.896. The molecule has 0 bridgehead atoms. The first-order chi connectivity index (χ1) is 9.07. The smallest absolute Gasteiger partial charge is 0.0300 e. The lowest BCUT2D eigenvalue weighted by Crippen LogP contribution is -2.41. The van der Waals surface area contributed by atoms with Gasteiger partial charge in [0, 0.05) is 41.1 Å². The maximum Gasteiger partial charge on any atom is 0.0300 e. The number of rotatable bonds is 5. The molecular formula is C15H26N2S2. The molecule has 1 atom stereocenters. The predicted molar refractivity (Wildman–Crippen MR) is 88.2 cm³/mol. The van der Waals surface area contributed by atoms with Gasteiger partial charge in [0.25, 0.3) is 0 Å². The molecule has 0 amide bonds. The fourth-order valence-corrected chi connectivity index (χ4v) is 4.21. The molecule has 1 aromatic rings. The molecule has 1 unspecified atom stereocenters. The Labute approximate surface area is 126 Å². The summed E-state index contributed by atoms with van der Waals surface area (Å²) in [6.45, 7) is 11.7. The zero-order valence-corrected chi connectivity index (χ0v) is 13.9. The van der Waals surface area contributed by atoms with E-state index in [-0.39, 0.29) is 0 Å². The second-order valence-electron chi connectivity index (χ2n) is 5.95. The molecule has 0 spiro atoms. The minimum Gasteiger partial charge on any atom is -0.310 e. The molecule has 19 heavy (non-hydrogen) atoms. The van der Waals surface area contributed by atoms with Gasteiger partial charge in [-0.1, -0.05) is 19.9 Å². The summed E-state index contributed by atoms with van der Waals surface area (Å²) in [5.74, 6) is 1.27. The zero-order valence-electron chi connectivity index (χ0n) is 12.3. The third-order valence-electron chi connectivity index (χ3n) is 3.81. The molecule has 0 aromatic carbocycles. The van der Waals surface area contributed by atoms with E-state index in [0.29, 0.717) is 10.8 Å². The van der Waals surface area contributed by atoms with Crippen LogP contribution in [0.5, 0.6) is 0 Å². The highest BCUT2D eigenvalue weighted by Crippen LogP contribution is 2.31. The van der Waals surface area contributed by atoms with Crippen molar-refractivity contribution in [2.24, 2.45) is 0 Å². The molecule has 0 aliphatic carbocycles. The molecule has 0 radical (unpaired) electrons. The minimum absolute atomic E-state index is 0.457. The van der Waals surface area contributed by atoms with Gasteiger partial charge in [0.2, 0.25) is 0 Å². The lowest BCUT2D eigenvalue weighted by molar-refractivity contribution is 0.213. The van der Waals surface area contributed by atoms with Crippen molar-refractivity contribution in [2.45, 2.75) is 44.5 Å². The number of hydrogen-bond acceptors (Lipinski definition) is 4. The van der Waals surface area contributed by atoms with Crippen LogP contribution in [0.1, 0.15) is 32.1 Å². The van der Waals surface area contributed by atoms with Crippen molar-refractivity contribution in [3.05, 3.63) is 22.4 Å². The number of nitrogens with one attached hydrogen (secondary N) is 1. The first-order valence-electron chi connectivity index (χ1n) is 7.18. The summed E-state index contributed by atoms with van der Waals surface area (Å²) >= 11 is 3.96. The monoisotopic (exact) mass is 298 g/mol. The second kappa shape index (κ2) is 7.11. The van der Waals surface area contributed by atoms with Crippen molar-refractivity contribution in [1.29, 1.82) is 0 Å². The van der Waals surface area contributed by atoms with Crippen LogP contribution in [0.15, 0.2) is 17.5 Å². The summed E-state index contributed by atoms with van der Waals surface area (Å²) in [4.78, 5) is 4.07. The van der Waals surface area contributed by atoms with Gasteiger partial charge in [0.1, 0.15) is 0 Å². The summed E-state index contributed by atoms with van der Waals surface area (Å²) in [6, 6.07) is 4.96. The Hall–Kier alpha value is -0.0300. The number of hydrogen-bond donors (Lipinski definition) is 1. The van der Waals surface area contributed by atoms with Crippen LogP contribution in [0.25, 0.3) is 0 Å². The Morgan fingerprint density at radius 2 is 2.26 bits per heavy atom. The molecule has 1 aliphatic heterocycles. The van der Waals surface area contributed by atoms with Crippen LogP contribution >= 0.6 is 23.1 Å². The number of thioether (sulfide) groups is 1. The third kappa shape index (κ3) is 5.10. The van der Waals surface area contributed by atoms with Gasteiger partial charge in [0.15, 0.2) is 0 Å². The summed E-state index contributed by atoms with van der Waals surface area (Å²) in [5, 5.41) is 5.74. The molecule has 1 saturated heterocycles. The normalized spacial score (nSPS) is 22.1. The maximum absolute atomic E-state index is 3.59. The molecule has 1 aliphatic rings. The molecule has 2 nitrogen and oxygen atoms in total. The fourth-order valence-electron chi connectivity index (χ4n) is 2.42. The van der Waals surface area contributed by atoms with Gasteiger partial charge in [0.05, 0.1) is 0 Å². The zero-order chi connectivity index (χ0) is 13.7. The van der Waals surface area contributed by atoms with Crippen molar-refractivity contribution >= 4 is 23.1 Å². The van der Waals surface area contributed by atoms with Crippen LogP contribution < -0.4 is 5.32 Å². The van der Waals surface area contributed by atoms with E-state index in [1.165, 1.54) is 30.1 Å². The Bertz CT molecular complexity index is 362. The van der Waals surface area contributed by atoms with Gasteiger partial charge in [-0.3, -0.25) is 4.90 Å². The van der Waals surface area contributed by atoms with E-state index in [4.69, 9.17) is 0 Å². The van der Waals surface area contributed by atoms with Gasteiger partial charge < -0.3 is 5.32 Å². The third-order valence-corrected chi connectivity index (χ3v) is 6.06. The van der Waals surface area contributed by atoms with E-state index in [2.05, 4.69) is 60.3 Å². The Kier molecular flexibility index (Phi) is 5.75. The van der Waals surface area contributed by atoms with Gasteiger partial charge in [-0.05, 0) is 31.3 Å². The van der Waals surface area contributed by atoms with E-state index < -0.39 is 0 Å². The Morgan fingerprint density at radius 3 is 3.00 bits per heavy atom. The summed E-state index contributed by atoms with van der Waals surface area (Å²) < 4.78 is 0.457. The Morgan fingerprint density at radius 1 is 1.42 bits per heavy atom. The number of nitrogens with zero attached hydrogens (tertiary/aromatic N) is 1. The lowest BCUT2D eigenvalue weighted by atomic mass is 10.1. The largest absolute Gasteiger partial charge is 0.310 e. The summed E-state index contributed by atoms with van der Waals surface area (Å²) in [6.07, 6.45) is 1.30. The molecular weight excluding hydrogens is 272 g/mol. The van der Waals surface area contributed by atoms with Crippen molar-refractivity contribution in [1.82, 2.24) is 10.2 Å². The highest BCUT2D eigenvalue weighted by Gasteiger charge is 2.25. The first-order valence-corrected chi connectivity index (χ1v) is 9.04. The van der Waals surface area contributed by atoms with Gasteiger partial charge >= 0.3 is 0 Å². The molecule has 1 fully saturated rings. The molecule has 1 aromatic heterocycles. The van der Waals surface area contributed by atoms with Crippen molar-refractivity contribution in [3.63, 3.8) is 0 Å². The van der Waals surface area contributed by atoms with Crippen molar-refractivity contribution < 1.29 is 0 Å². The SMILES string of the molecule is CC(CNCc1cccs1)N1CCSC(C)(C)CC1. The molecule has 2 rings (SSSR count). The van der Waals surface area contributed by atoms with Gasteiger partial charge in [-0.25, -0.2) is 0 Å². The molecule has 4 heteroatoms. The van der Waals surface area contributed by atoms with E-state index >= 15 is 0 Å². The van der Waals surface area contributed by atoms with E-state index in [1.54, 1.807) is 0 Å². The van der Waals surface area contributed by atoms with E-state index in [0.717, 1.165) is 13.1 Å². The van der Waals surface area contributed by atoms with Crippen LogP contribution in [0.4, 0.5) is 0 Å². The van der Waals surface area contributed by atoms with E-state index in [1.807, 2.05) is 11.3 Å². The average molecular weight is 299 g/mol. The average Bonchev–Trinajstić information content (AvgIpc) is 2.79. The highest BCUT2D eigenvalue weighted by molar-refractivity contribution is 8.00. The van der Waals surface area contributed by atoms with Gasteiger partial charge in [-0.2, -0.15) is 11.8 Å². The molecule has 0 saturated carbocycles. The lowest BCUT2D eigenvalue weighted by Gasteiger charge is -2.28. The predicted octanol–water partition coefficient (Wildman–Crippen LogP) is 3.44. The van der Waals surface area contributed by atoms with Crippen LogP contribution in [0.3, 0.4) is 0 Å². The fraction of sp³-hybridized carbons (Fsp3) is 0.733. The van der Waals surface area contributed by atoms with Crippen LogP contribution in [-0.2, 0) is 6.54 Å². The molecule has 2 heterocycles. The van der Waals surface area contributed by atoms with E-state index in [9.17, 15) is 0 Å². The maximum atomic E-state index is 3.59. The highest BCUT2D eigenvalue weighted by atomic mass is 32.2. The summed E-state index contributed by atoms with van der Waals surface area (Å²) in [5.41, 5.74) is 0. The molecule has 1 N–H and O–H groups in total. The van der Waals surface area contributed by atoms with Gasteiger partial charge in [-0.15, -0.1) is 11.3 Å². The second-order valence-corrected chi connectivity index (χ2v) is 8.79. The Balaban J connectivity index is 1.72. The van der Waals surface area contributed by atoms with Crippen LogP contribution in [-0.4, -0.2) is 41.1 Å². The number of thiophene rings is 1. The first kappa shape index (κ1) is 15.4. The standard InChI is InChI=1S/C15H26N2S2/c1-13(11-16-12-14-5-4-9-18-14)17-7-6-15(2,3)19-10-8-17/h4-5,9,13,16H,6-8,10-12H2,1-3H3. The van der Waals surface area contributed by atoms with Crippen LogP contribution in [0.2, 0.25) is 0 Å². The van der Waals surface area contributed by atoms with Crippen LogP contribution in [0, 0.1) is 0 Å². The minimum atomic E-state index is 0.457. The van der Waals surface area contributed by atoms with Crippen molar-refractivity contribution in [3.8, 4) is 0 Å².